The highest BCUT2D eigenvalue weighted by atomic mass is 16.5. The van der Waals surface area contributed by atoms with E-state index in [1.807, 2.05) is 6.92 Å². The molecule has 7 heteroatoms. The summed E-state index contributed by atoms with van der Waals surface area (Å²) in [5, 5.41) is 11.5. The molecule has 2 N–H and O–H groups in total. The van der Waals surface area contributed by atoms with Crippen molar-refractivity contribution < 1.29 is 24.2 Å². The molecule has 0 saturated carbocycles. The summed E-state index contributed by atoms with van der Waals surface area (Å²) in [6, 6.07) is 2.24. The van der Waals surface area contributed by atoms with Gasteiger partial charge in [0.1, 0.15) is 11.7 Å². The smallest absolute Gasteiger partial charge is 0.326 e. The first-order valence-electron chi connectivity index (χ1n) is 6.75. The zero-order valence-corrected chi connectivity index (χ0v) is 12.2. The van der Waals surface area contributed by atoms with Gasteiger partial charge in [0, 0.05) is 19.2 Å². The average Bonchev–Trinajstić information content (AvgIpc) is 2.91. The zero-order chi connectivity index (χ0) is 15.8. The van der Waals surface area contributed by atoms with Gasteiger partial charge >= 0.3 is 11.9 Å². The fourth-order valence-electron chi connectivity index (χ4n) is 1.91. The van der Waals surface area contributed by atoms with Crippen molar-refractivity contribution in [1.29, 1.82) is 0 Å². The molecule has 0 bridgehead atoms. The van der Waals surface area contributed by atoms with Crippen LogP contribution in [0.5, 0.6) is 0 Å². The van der Waals surface area contributed by atoms with Crippen molar-refractivity contribution in [3.63, 3.8) is 0 Å². The van der Waals surface area contributed by atoms with Crippen molar-refractivity contribution in [2.45, 2.75) is 38.8 Å². The molecule has 0 aliphatic carbocycles. The number of methoxy groups -OCH3 is 1. The van der Waals surface area contributed by atoms with Crippen molar-refractivity contribution >= 4 is 17.8 Å². The highest BCUT2D eigenvalue weighted by Crippen LogP contribution is 2.06. The number of hydrogen-bond acceptors (Lipinski definition) is 4. The van der Waals surface area contributed by atoms with Crippen LogP contribution in [0.3, 0.4) is 0 Å². The minimum atomic E-state index is -1.18. The molecule has 0 radical (unpaired) electrons. The molecule has 1 aromatic heterocycles. The Morgan fingerprint density at radius 2 is 2.14 bits per heavy atom. The Kier molecular flexibility index (Phi) is 6.45. The first-order chi connectivity index (χ1) is 9.99. The van der Waals surface area contributed by atoms with E-state index in [4.69, 9.17) is 5.11 Å². The van der Waals surface area contributed by atoms with Crippen LogP contribution in [0.4, 0.5) is 0 Å². The molecule has 1 atom stereocenters. The van der Waals surface area contributed by atoms with E-state index in [0.717, 1.165) is 6.42 Å². The summed E-state index contributed by atoms with van der Waals surface area (Å²) in [5.74, 6) is -2.16. The molecular formula is C14H20N2O5. The number of carbonyl (C=O) groups excluding carboxylic acids is 2. The van der Waals surface area contributed by atoms with Crippen LogP contribution in [0.2, 0.25) is 0 Å². The van der Waals surface area contributed by atoms with Crippen molar-refractivity contribution in [3.8, 4) is 0 Å². The molecule has 21 heavy (non-hydrogen) atoms. The standard InChI is InChI=1S/C14H20N2O5/c1-3-8-16-9-4-5-11(16)13(18)15-10(14(19)20)6-7-12(17)21-2/h4-5,9-10H,3,6-8H2,1-2H3,(H,15,18)(H,19,20)/t10-/m1/s1. The maximum Gasteiger partial charge on any atom is 0.326 e. The van der Waals surface area contributed by atoms with Crippen LogP contribution in [0.25, 0.3) is 0 Å². The molecule has 0 saturated heterocycles. The first kappa shape index (κ1) is 16.7. The number of nitrogens with one attached hydrogen (secondary N) is 1. The number of ether oxygens (including phenoxy) is 1. The monoisotopic (exact) mass is 296 g/mol. The van der Waals surface area contributed by atoms with Crippen LogP contribution in [-0.2, 0) is 20.9 Å². The van der Waals surface area contributed by atoms with E-state index in [9.17, 15) is 14.4 Å². The molecular weight excluding hydrogens is 276 g/mol. The van der Waals surface area contributed by atoms with Gasteiger partial charge in [-0.05, 0) is 25.0 Å². The fraction of sp³-hybridized carbons (Fsp3) is 0.500. The largest absolute Gasteiger partial charge is 0.480 e. The third kappa shape index (κ3) is 4.94. The number of aromatic nitrogens is 1. The molecule has 116 valence electrons. The molecule has 1 aromatic rings. The number of aliphatic carboxylic acids is 1. The number of aryl methyl sites for hydroxylation is 1. The van der Waals surface area contributed by atoms with Gasteiger partial charge in [-0.1, -0.05) is 6.92 Å². The molecule has 0 aliphatic rings. The number of hydrogen-bond donors (Lipinski definition) is 2. The number of rotatable bonds is 8. The topological polar surface area (TPSA) is 97.6 Å². The van der Waals surface area contributed by atoms with E-state index >= 15 is 0 Å². The maximum atomic E-state index is 12.1. The van der Waals surface area contributed by atoms with Gasteiger partial charge in [-0.3, -0.25) is 9.59 Å². The Labute approximate surface area is 122 Å². The normalized spacial score (nSPS) is 11.7. The quantitative estimate of drug-likeness (QED) is 0.698. The Hall–Kier alpha value is -2.31. The second-order valence-electron chi connectivity index (χ2n) is 4.57. The summed E-state index contributed by atoms with van der Waals surface area (Å²) in [5.41, 5.74) is 0.404. The summed E-state index contributed by atoms with van der Waals surface area (Å²) >= 11 is 0. The SMILES string of the molecule is CCCn1cccc1C(=O)N[C@H](CCC(=O)OC)C(=O)O. The molecule has 0 unspecified atom stereocenters. The Morgan fingerprint density at radius 1 is 1.43 bits per heavy atom. The van der Waals surface area contributed by atoms with E-state index in [1.54, 1.807) is 22.9 Å². The highest BCUT2D eigenvalue weighted by Gasteiger charge is 2.23. The molecule has 0 fully saturated rings. The Bertz CT molecular complexity index is 509. The average molecular weight is 296 g/mol. The van der Waals surface area contributed by atoms with Crippen LogP contribution in [0.15, 0.2) is 18.3 Å². The molecule has 1 rings (SSSR count). The van der Waals surface area contributed by atoms with Crippen LogP contribution in [-0.4, -0.2) is 40.7 Å². The van der Waals surface area contributed by atoms with Gasteiger partial charge < -0.3 is 19.7 Å². The van der Waals surface area contributed by atoms with E-state index in [0.29, 0.717) is 12.2 Å². The van der Waals surface area contributed by atoms with Crippen molar-refractivity contribution in [2.75, 3.05) is 7.11 Å². The van der Waals surface area contributed by atoms with Gasteiger partial charge in [-0.25, -0.2) is 4.79 Å². The minimum Gasteiger partial charge on any atom is -0.480 e. The first-order valence-corrected chi connectivity index (χ1v) is 6.75. The third-order valence-electron chi connectivity index (χ3n) is 2.99. The second kappa shape index (κ2) is 8.08. The van der Waals surface area contributed by atoms with Crippen molar-refractivity contribution in [1.82, 2.24) is 9.88 Å². The van der Waals surface area contributed by atoms with Crippen LogP contribution in [0.1, 0.15) is 36.7 Å². The number of amides is 1. The van der Waals surface area contributed by atoms with Gasteiger partial charge in [-0.15, -0.1) is 0 Å². The lowest BCUT2D eigenvalue weighted by Gasteiger charge is -2.15. The molecule has 1 amide bonds. The summed E-state index contributed by atoms with van der Waals surface area (Å²) in [4.78, 5) is 34.3. The number of nitrogens with zero attached hydrogens (tertiary/aromatic N) is 1. The predicted molar refractivity (Wildman–Crippen MR) is 74.9 cm³/mol. The molecule has 1 heterocycles. The highest BCUT2D eigenvalue weighted by molar-refractivity contribution is 5.95. The number of carboxylic acid groups (broad SMARTS) is 1. The van der Waals surface area contributed by atoms with Gasteiger partial charge in [0.25, 0.3) is 5.91 Å². The van der Waals surface area contributed by atoms with E-state index in [-0.39, 0.29) is 12.8 Å². The minimum absolute atomic E-state index is 0.0117. The summed E-state index contributed by atoms with van der Waals surface area (Å²) in [6.45, 7) is 2.66. The van der Waals surface area contributed by atoms with Gasteiger partial charge in [0.05, 0.1) is 7.11 Å². The number of carboxylic acids is 1. The van der Waals surface area contributed by atoms with E-state index in [1.165, 1.54) is 7.11 Å². The van der Waals surface area contributed by atoms with Crippen LogP contribution in [0, 0.1) is 0 Å². The van der Waals surface area contributed by atoms with Crippen molar-refractivity contribution in [3.05, 3.63) is 24.0 Å². The fourth-order valence-corrected chi connectivity index (χ4v) is 1.91. The molecule has 0 aliphatic heterocycles. The van der Waals surface area contributed by atoms with Crippen molar-refractivity contribution in [2.24, 2.45) is 0 Å². The lowest BCUT2D eigenvalue weighted by molar-refractivity contribution is -0.142. The lowest BCUT2D eigenvalue weighted by atomic mass is 10.1. The lowest BCUT2D eigenvalue weighted by Crippen LogP contribution is -2.41. The Morgan fingerprint density at radius 3 is 2.71 bits per heavy atom. The zero-order valence-electron chi connectivity index (χ0n) is 12.2. The molecule has 0 spiro atoms. The summed E-state index contributed by atoms with van der Waals surface area (Å²) in [6.07, 6.45) is 2.55. The van der Waals surface area contributed by atoms with E-state index in [2.05, 4.69) is 10.1 Å². The van der Waals surface area contributed by atoms with Crippen LogP contribution >= 0.6 is 0 Å². The van der Waals surface area contributed by atoms with Gasteiger partial charge in [-0.2, -0.15) is 0 Å². The van der Waals surface area contributed by atoms with Crippen LogP contribution < -0.4 is 5.32 Å². The Balaban J connectivity index is 2.69. The molecule has 0 aromatic carbocycles. The van der Waals surface area contributed by atoms with E-state index < -0.39 is 23.9 Å². The maximum absolute atomic E-state index is 12.1. The summed E-state index contributed by atoms with van der Waals surface area (Å²) < 4.78 is 6.22. The second-order valence-corrected chi connectivity index (χ2v) is 4.57. The van der Waals surface area contributed by atoms with Gasteiger partial charge in [0.15, 0.2) is 0 Å². The third-order valence-corrected chi connectivity index (χ3v) is 2.99. The predicted octanol–water partition coefficient (Wildman–Crippen LogP) is 1.03. The summed E-state index contributed by atoms with van der Waals surface area (Å²) in [7, 11) is 1.23. The number of carbonyl (C=O) groups is 3. The number of esters is 1. The molecule has 7 nitrogen and oxygen atoms in total. The van der Waals surface area contributed by atoms with Gasteiger partial charge in [0.2, 0.25) is 0 Å².